The maximum atomic E-state index is 11.7. The van der Waals surface area contributed by atoms with E-state index in [0.717, 1.165) is 12.8 Å². The topological polar surface area (TPSA) is 62.5 Å². The number of hydrogen-bond donors (Lipinski definition) is 2. The third kappa shape index (κ3) is 4.84. The molecular weight excluding hydrogens is 310 g/mol. The van der Waals surface area contributed by atoms with Crippen molar-refractivity contribution in [1.29, 1.82) is 0 Å². The summed E-state index contributed by atoms with van der Waals surface area (Å²) in [6.45, 7) is 4.58. The van der Waals surface area contributed by atoms with E-state index < -0.39 is 0 Å². The Kier molecular flexibility index (Phi) is 6.31. The van der Waals surface area contributed by atoms with Gasteiger partial charge < -0.3 is 14.8 Å². The number of hydrogen-bond acceptors (Lipinski definition) is 3. The number of aliphatic hydroxyl groups excluding tert-OH is 1. The summed E-state index contributed by atoms with van der Waals surface area (Å²) in [5.74, 6) is 0.425. The zero-order valence-corrected chi connectivity index (χ0v) is 12.9. The predicted octanol–water partition coefficient (Wildman–Crippen LogP) is 2.97. The number of rotatable bonds is 7. The highest BCUT2D eigenvalue weighted by atomic mass is 79.9. The van der Waals surface area contributed by atoms with Crippen molar-refractivity contribution in [2.24, 2.45) is 5.41 Å². The fourth-order valence-corrected chi connectivity index (χ4v) is 2.01. The van der Waals surface area contributed by atoms with Gasteiger partial charge in [-0.25, -0.2) is 0 Å². The molecule has 0 radical (unpaired) electrons. The molecule has 1 aromatic heterocycles. The molecular formula is C14H20BrNO3. The van der Waals surface area contributed by atoms with Gasteiger partial charge in [-0.15, -0.1) is 0 Å². The zero-order valence-electron chi connectivity index (χ0n) is 11.3. The van der Waals surface area contributed by atoms with Crippen LogP contribution in [0.25, 0.3) is 6.08 Å². The summed E-state index contributed by atoms with van der Waals surface area (Å²) in [5, 5.41) is 12.2. The number of carbonyl (C=O) groups excluding carboxylic acids is 1. The highest BCUT2D eigenvalue weighted by Gasteiger charge is 2.25. The van der Waals surface area contributed by atoms with Crippen LogP contribution < -0.4 is 5.32 Å². The van der Waals surface area contributed by atoms with Crippen LogP contribution in [-0.2, 0) is 4.79 Å². The molecule has 106 valence electrons. The van der Waals surface area contributed by atoms with Gasteiger partial charge in [0.05, 0.1) is 6.61 Å². The highest BCUT2D eigenvalue weighted by Crippen LogP contribution is 2.24. The molecule has 1 heterocycles. The van der Waals surface area contributed by atoms with Crippen LogP contribution in [0.4, 0.5) is 0 Å². The predicted molar refractivity (Wildman–Crippen MR) is 78.6 cm³/mol. The van der Waals surface area contributed by atoms with Crippen molar-refractivity contribution in [3.05, 3.63) is 28.6 Å². The van der Waals surface area contributed by atoms with Gasteiger partial charge in [0.25, 0.3) is 0 Å². The maximum absolute atomic E-state index is 11.7. The number of amides is 1. The first-order chi connectivity index (χ1) is 9.05. The second kappa shape index (κ2) is 7.50. The van der Waals surface area contributed by atoms with Gasteiger partial charge >= 0.3 is 0 Å². The molecule has 0 bridgehead atoms. The van der Waals surface area contributed by atoms with Gasteiger partial charge in [-0.2, -0.15) is 0 Å². The van der Waals surface area contributed by atoms with Gasteiger partial charge in [0.1, 0.15) is 5.76 Å². The van der Waals surface area contributed by atoms with E-state index in [1.807, 2.05) is 13.8 Å². The van der Waals surface area contributed by atoms with Crippen molar-refractivity contribution in [1.82, 2.24) is 5.32 Å². The van der Waals surface area contributed by atoms with Gasteiger partial charge in [0, 0.05) is 18.0 Å². The van der Waals surface area contributed by atoms with Crippen LogP contribution in [-0.4, -0.2) is 24.2 Å². The van der Waals surface area contributed by atoms with Crippen LogP contribution in [0.3, 0.4) is 0 Å². The molecule has 1 aromatic rings. The Balaban J connectivity index is 2.49. The van der Waals surface area contributed by atoms with Crippen molar-refractivity contribution in [2.45, 2.75) is 26.7 Å². The minimum Gasteiger partial charge on any atom is -0.450 e. The summed E-state index contributed by atoms with van der Waals surface area (Å²) in [4.78, 5) is 11.7. The fraction of sp³-hybridized carbons (Fsp3) is 0.500. The molecule has 0 aliphatic carbocycles. The van der Waals surface area contributed by atoms with E-state index in [0.29, 0.717) is 17.0 Å². The van der Waals surface area contributed by atoms with Crippen molar-refractivity contribution in [3.63, 3.8) is 0 Å². The largest absolute Gasteiger partial charge is 0.450 e. The van der Waals surface area contributed by atoms with Crippen molar-refractivity contribution < 1.29 is 14.3 Å². The quantitative estimate of drug-likeness (QED) is 0.756. The molecule has 0 spiro atoms. The molecule has 0 saturated heterocycles. The zero-order chi connectivity index (χ0) is 14.3. The third-order valence-electron chi connectivity index (χ3n) is 3.47. The molecule has 0 unspecified atom stereocenters. The Labute approximate surface area is 122 Å². The molecule has 19 heavy (non-hydrogen) atoms. The van der Waals surface area contributed by atoms with Crippen LogP contribution in [0, 0.1) is 5.41 Å². The monoisotopic (exact) mass is 329 g/mol. The summed E-state index contributed by atoms with van der Waals surface area (Å²) in [6.07, 6.45) is 4.70. The standard InChI is InChI=1S/C14H20BrNO3/c1-3-14(4-2,10-17)9-16-13(18)8-6-11-5-7-12(15)19-11/h5-8,17H,3-4,9-10H2,1-2H3,(H,16,18)/b8-6+. The molecule has 1 amide bonds. The van der Waals surface area contributed by atoms with E-state index >= 15 is 0 Å². The molecule has 0 atom stereocenters. The number of halogens is 1. The first-order valence-electron chi connectivity index (χ1n) is 6.37. The summed E-state index contributed by atoms with van der Waals surface area (Å²) >= 11 is 3.20. The Hall–Kier alpha value is -1.07. The van der Waals surface area contributed by atoms with Crippen molar-refractivity contribution in [3.8, 4) is 0 Å². The van der Waals surface area contributed by atoms with Gasteiger partial charge in [0.2, 0.25) is 5.91 Å². The average molecular weight is 330 g/mol. The maximum Gasteiger partial charge on any atom is 0.244 e. The van der Waals surface area contributed by atoms with Gasteiger partial charge in [-0.3, -0.25) is 4.79 Å². The van der Waals surface area contributed by atoms with Gasteiger partial charge in [0.15, 0.2) is 4.67 Å². The third-order valence-corrected chi connectivity index (χ3v) is 3.89. The lowest BCUT2D eigenvalue weighted by Gasteiger charge is -2.29. The minimum atomic E-state index is -0.225. The second-order valence-corrected chi connectivity index (χ2v) is 5.34. The van der Waals surface area contributed by atoms with E-state index in [9.17, 15) is 9.90 Å². The molecule has 5 heteroatoms. The molecule has 4 nitrogen and oxygen atoms in total. The molecule has 0 aliphatic rings. The fourth-order valence-electron chi connectivity index (χ4n) is 1.69. The summed E-state index contributed by atoms with van der Waals surface area (Å²) < 4.78 is 5.88. The van der Waals surface area contributed by atoms with E-state index in [1.54, 1.807) is 18.2 Å². The van der Waals surface area contributed by atoms with Crippen molar-refractivity contribution in [2.75, 3.05) is 13.2 Å². The number of carbonyl (C=O) groups is 1. The molecule has 0 fully saturated rings. The average Bonchev–Trinajstić information content (AvgIpc) is 2.84. The molecule has 0 aromatic carbocycles. The Morgan fingerprint density at radius 2 is 2.16 bits per heavy atom. The minimum absolute atomic E-state index is 0.0785. The molecule has 0 saturated carbocycles. The van der Waals surface area contributed by atoms with E-state index in [2.05, 4.69) is 21.2 Å². The Morgan fingerprint density at radius 1 is 1.47 bits per heavy atom. The number of furan rings is 1. The van der Waals surface area contributed by atoms with Crippen LogP contribution in [0.1, 0.15) is 32.4 Å². The lowest BCUT2D eigenvalue weighted by Crippen LogP contribution is -2.38. The normalized spacial score (nSPS) is 12.0. The SMILES string of the molecule is CCC(CC)(CO)CNC(=O)/C=C/c1ccc(Br)o1. The lowest BCUT2D eigenvalue weighted by molar-refractivity contribution is -0.117. The Bertz CT molecular complexity index is 427. The summed E-state index contributed by atoms with van der Waals surface area (Å²) in [7, 11) is 0. The van der Waals surface area contributed by atoms with Crippen LogP contribution in [0.2, 0.25) is 0 Å². The Morgan fingerprint density at radius 3 is 2.63 bits per heavy atom. The smallest absolute Gasteiger partial charge is 0.244 e. The van der Waals surface area contributed by atoms with Crippen molar-refractivity contribution >= 4 is 27.9 Å². The molecule has 1 rings (SSSR count). The number of nitrogens with one attached hydrogen (secondary N) is 1. The molecule has 2 N–H and O–H groups in total. The van der Waals surface area contributed by atoms with E-state index in [-0.39, 0.29) is 17.9 Å². The summed E-state index contributed by atoms with van der Waals surface area (Å²) in [6, 6.07) is 3.53. The van der Waals surface area contributed by atoms with Crippen LogP contribution in [0.5, 0.6) is 0 Å². The number of aliphatic hydroxyl groups is 1. The van der Waals surface area contributed by atoms with E-state index in [4.69, 9.17) is 4.42 Å². The van der Waals surface area contributed by atoms with Gasteiger partial charge in [-0.05, 0) is 47.0 Å². The van der Waals surface area contributed by atoms with Gasteiger partial charge in [-0.1, -0.05) is 13.8 Å². The van der Waals surface area contributed by atoms with E-state index in [1.165, 1.54) is 6.08 Å². The molecule has 0 aliphatic heterocycles. The van der Waals surface area contributed by atoms with Crippen LogP contribution >= 0.6 is 15.9 Å². The van der Waals surface area contributed by atoms with Crippen LogP contribution in [0.15, 0.2) is 27.3 Å². The second-order valence-electron chi connectivity index (χ2n) is 4.56. The first kappa shape index (κ1) is 16.0. The first-order valence-corrected chi connectivity index (χ1v) is 7.16. The highest BCUT2D eigenvalue weighted by molar-refractivity contribution is 9.10. The summed E-state index contributed by atoms with van der Waals surface area (Å²) in [5.41, 5.74) is -0.225. The lowest BCUT2D eigenvalue weighted by atomic mass is 9.83.